The van der Waals surface area contributed by atoms with Crippen LogP contribution in [0.25, 0.3) is 0 Å². The summed E-state index contributed by atoms with van der Waals surface area (Å²) in [6.45, 7) is 6.38. The highest BCUT2D eigenvalue weighted by atomic mass is 16.5. The fourth-order valence-corrected chi connectivity index (χ4v) is 3.00. The number of amides is 3. The quantitative estimate of drug-likeness (QED) is 0.833. The van der Waals surface area contributed by atoms with Gasteiger partial charge in [-0.25, -0.2) is 4.79 Å². The molecular formula is C21H25N3O4. The zero-order valence-corrected chi connectivity index (χ0v) is 16.5. The Morgan fingerprint density at radius 3 is 2.71 bits per heavy atom. The summed E-state index contributed by atoms with van der Waals surface area (Å²) in [7, 11) is 1.71. The molecule has 3 amide bonds. The van der Waals surface area contributed by atoms with Gasteiger partial charge in [-0.05, 0) is 51.1 Å². The number of hydrogen-bond donors (Lipinski definition) is 2. The number of urea groups is 1. The molecule has 0 unspecified atom stereocenters. The van der Waals surface area contributed by atoms with Crippen LogP contribution in [-0.2, 0) is 4.79 Å². The molecule has 0 saturated heterocycles. The summed E-state index contributed by atoms with van der Waals surface area (Å²) in [5.41, 5.74) is 1.12. The van der Waals surface area contributed by atoms with Crippen LogP contribution in [-0.4, -0.2) is 32.2 Å². The third kappa shape index (κ3) is 4.03. The summed E-state index contributed by atoms with van der Waals surface area (Å²) < 4.78 is 11.3. The van der Waals surface area contributed by atoms with Gasteiger partial charge in [0.25, 0.3) is 0 Å². The molecule has 28 heavy (non-hydrogen) atoms. The molecule has 0 atom stereocenters. The Hall–Kier alpha value is -3.22. The number of fused-ring (bicyclic) bond motifs is 1. The van der Waals surface area contributed by atoms with Crippen molar-refractivity contribution in [3.8, 4) is 11.5 Å². The fraction of sp³-hybridized carbons (Fsp3) is 0.333. The molecule has 2 N–H and O–H groups in total. The Labute approximate surface area is 164 Å². The van der Waals surface area contributed by atoms with E-state index in [1.807, 2.05) is 32.9 Å². The lowest BCUT2D eigenvalue weighted by atomic mass is 9.93. The second-order valence-corrected chi connectivity index (χ2v) is 7.23. The van der Waals surface area contributed by atoms with E-state index in [2.05, 4.69) is 10.6 Å². The molecule has 0 aromatic heterocycles. The van der Waals surface area contributed by atoms with Crippen molar-refractivity contribution in [3.05, 3.63) is 42.5 Å². The fourth-order valence-electron chi connectivity index (χ4n) is 3.00. The maximum atomic E-state index is 12.6. The lowest BCUT2D eigenvalue weighted by Gasteiger charge is -2.24. The number of nitrogens with one attached hydrogen (secondary N) is 2. The van der Waals surface area contributed by atoms with Gasteiger partial charge in [0, 0.05) is 12.7 Å². The highest BCUT2D eigenvalue weighted by Crippen LogP contribution is 2.37. The summed E-state index contributed by atoms with van der Waals surface area (Å²) >= 11 is 0. The van der Waals surface area contributed by atoms with E-state index in [1.54, 1.807) is 42.3 Å². The number of rotatable bonds is 4. The van der Waals surface area contributed by atoms with Crippen molar-refractivity contribution in [1.82, 2.24) is 0 Å². The van der Waals surface area contributed by atoms with Gasteiger partial charge in [0.05, 0.1) is 23.4 Å². The number of carbonyl (C=O) groups is 2. The van der Waals surface area contributed by atoms with Crippen LogP contribution in [0, 0.1) is 5.41 Å². The first kappa shape index (κ1) is 19.5. The Kier molecular flexibility index (Phi) is 5.44. The van der Waals surface area contributed by atoms with Gasteiger partial charge in [-0.15, -0.1) is 0 Å². The molecule has 0 aliphatic carbocycles. The minimum absolute atomic E-state index is 0.0431. The van der Waals surface area contributed by atoms with Crippen molar-refractivity contribution < 1.29 is 19.1 Å². The molecule has 0 bridgehead atoms. The molecule has 3 rings (SSSR count). The number of benzene rings is 2. The van der Waals surface area contributed by atoms with E-state index < -0.39 is 11.4 Å². The van der Waals surface area contributed by atoms with Crippen molar-refractivity contribution in [2.75, 3.05) is 35.8 Å². The number of anilines is 3. The van der Waals surface area contributed by atoms with E-state index in [0.29, 0.717) is 41.8 Å². The second-order valence-electron chi connectivity index (χ2n) is 7.23. The average Bonchev–Trinajstić information content (AvgIpc) is 2.74. The third-order valence-corrected chi connectivity index (χ3v) is 4.49. The normalized spacial score (nSPS) is 15.1. The SMILES string of the molecule is CCOc1ccccc1NC(=O)Nc1ccc2c(c1)N(C)C(=O)C(C)(C)CO2. The van der Waals surface area contributed by atoms with Crippen molar-refractivity contribution in [2.24, 2.45) is 5.41 Å². The summed E-state index contributed by atoms with van der Waals surface area (Å²) in [5.74, 6) is 1.16. The van der Waals surface area contributed by atoms with Gasteiger partial charge in [-0.2, -0.15) is 0 Å². The Balaban J connectivity index is 1.77. The van der Waals surface area contributed by atoms with Crippen LogP contribution in [0.5, 0.6) is 11.5 Å². The molecule has 7 heteroatoms. The van der Waals surface area contributed by atoms with Crippen LogP contribution < -0.4 is 25.0 Å². The minimum atomic E-state index is -0.623. The molecule has 7 nitrogen and oxygen atoms in total. The first-order valence-corrected chi connectivity index (χ1v) is 9.16. The average molecular weight is 383 g/mol. The lowest BCUT2D eigenvalue weighted by Crippen LogP contribution is -2.39. The smallest absolute Gasteiger partial charge is 0.323 e. The number of para-hydroxylation sites is 2. The van der Waals surface area contributed by atoms with Crippen molar-refractivity contribution >= 4 is 29.0 Å². The van der Waals surface area contributed by atoms with Crippen molar-refractivity contribution in [2.45, 2.75) is 20.8 Å². The summed E-state index contributed by atoms with van der Waals surface area (Å²) in [6, 6.07) is 12.0. The molecular weight excluding hydrogens is 358 g/mol. The van der Waals surface area contributed by atoms with Crippen LogP contribution in [0.15, 0.2) is 42.5 Å². The Bertz CT molecular complexity index is 895. The van der Waals surface area contributed by atoms with Gasteiger partial charge in [0.15, 0.2) is 0 Å². The van der Waals surface area contributed by atoms with Crippen LogP contribution in [0.4, 0.5) is 21.9 Å². The highest BCUT2D eigenvalue weighted by Gasteiger charge is 2.36. The van der Waals surface area contributed by atoms with Crippen LogP contribution in [0.2, 0.25) is 0 Å². The van der Waals surface area contributed by atoms with Gasteiger partial charge < -0.3 is 25.0 Å². The topological polar surface area (TPSA) is 79.9 Å². The van der Waals surface area contributed by atoms with Gasteiger partial charge >= 0.3 is 6.03 Å². The van der Waals surface area contributed by atoms with E-state index in [0.717, 1.165) is 0 Å². The van der Waals surface area contributed by atoms with E-state index >= 15 is 0 Å². The van der Waals surface area contributed by atoms with Crippen LogP contribution in [0.3, 0.4) is 0 Å². The van der Waals surface area contributed by atoms with E-state index in [9.17, 15) is 9.59 Å². The zero-order chi connectivity index (χ0) is 20.3. The first-order chi connectivity index (χ1) is 13.3. The number of ether oxygens (including phenoxy) is 2. The van der Waals surface area contributed by atoms with Crippen molar-refractivity contribution in [3.63, 3.8) is 0 Å². The predicted octanol–water partition coefficient (Wildman–Crippen LogP) is 4.11. The Morgan fingerprint density at radius 1 is 1.21 bits per heavy atom. The molecule has 0 fully saturated rings. The van der Waals surface area contributed by atoms with E-state index in [-0.39, 0.29) is 5.91 Å². The van der Waals surface area contributed by atoms with Gasteiger partial charge in [0.2, 0.25) is 5.91 Å². The Morgan fingerprint density at radius 2 is 1.96 bits per heavy atom. The second kappa shape index (κ2) is 7.80. The molecule has 0 saturated carbocycles. The van der Waals surface area contributed by atoms with E-state index in [4.69, 9.17) is 9.47 Å². The largest absolute Gasteiger partial charge is 0.492 e. The molecule has 1 aliphatic rings. The maximum Gasteiger partial charge on any atom is 0.323 e. The monoisotopic (exact) mass is 383 g/mol. The van der Waals surface area contributed by atoms with E-state index in [1.165, 1.54) is 0 Å². The number of carbonyl (C=O) groups excluding carboxylic acids is 2. The third-order valence-electron chi connectivity index (χ3n) is 4.49. The molecule has 0 spiro atoms. The van der Waals surface area contributed by atoms with Gasteiger partial charge in [0.1, 0.15) is 18.1 Å². The summed E-state index contributed by atoms with van der Waals surface area (Å²) in [4.78, 5) is 26.6. The molecule has 1 heterocycles. The minimum Gasteiger partial charge on any atom is -0.492 e. The van der Waals surface area contributed by atoms with Crippen LogP contribution >= 0.6 is 0 Å². The summed E-state index contributed by atoms with van der Waals surface area (Å²) in [6.07, 6.45) is 0. The van der Waals surface area contributed by atoms with Crippen molar-refractivity contribution in [1.29, 1.82) is 0 Å². The number of nitrogens with zero attached hydrogens (tertiary/aromatic N) is 1. The molecule has 1 aliphatic heterocycles. The standard InChI is InChI=1S/C21H25N3O4/c1-5-27-17-9-7-6-8-15(17)23-20(26)22-14-10-11-18-16(12-14)24(4)19(25)21(2,3)13-28-18/h6-12H,5,13H2,1-4H3,(H2,22,23,26). The molecule has 148 valence electrons. The first-order valence-electron chi connectivity index (χ1n) is 9.16. The zero-order valence-electron chi connectivity index (χ0n) is 16.5. The van der Waals surface area contributed by atoms with Gasteiger partial charge in [-0.1, -0.05) is 12.1 Å². The van der Waals surface area contributed by atoms with Gasteiger partial charge in [-0.3, -0.25) is 4.79 Å². The number of hydrogen-bond acceptors (Lipinski definition) is 4. The maximum absolute atomic E-state index is 12.6. The predicted molar refractivity (Wildman–Crippen MR) is 109 cm³/mol. The molecule has 2 aromatic carbocycles. The summed E-state index contributed by atoms with van der Waals surface area (Å²) in [5, 5.41) is 5.57. The molecule has 0 radical (unpaired) electrons. The molecule has 2 aromatic rings. The lowest BCUT2D eigenvalue weighted by molar-refractivity contribution is -0.127. The highest BCUT2D eigenvalue weighted by molar-refractivity contribution is 6.03. The van der Waals surface area contributed by atoms with Crippen LogP contribution in [0.1, 0.15) is 20.8 Å².